The predicted molar refractivity (Wildman–Crippen MR) is 39.0 cm³/mol. The minimum absolute atomic E-state index is 0.178. The zero-order valence-corrected chi connectivity index (χ0v) is 6.58. The van der Waals surface area contributed by atoms with Gasteiger partial charge in [0, 0.05) is 6.42 Å². The molecule has 0 unspecified atom stereocenters. The van der Waals surface area contributed by atoms with Crippen LogP contribution in [0.1, 0.15) is 19.8 Å². The van der Waals surface area contributed by atoms with Gasteiger partial charge in [-0.3, -0.25) is 4.79 Å². The molecule has 0 aromatic heterocycles. The highest BCUT2D eigenvalue weighted by atomic mass is 16.4. The first-order valence-corrected chi connectivity index (χ1v) is 3.58. The van der Waals surface area contributed by atoms with E-state index in [-0.39, 0.29) is 6.42 Å². The zero-order chi connectivity index (χ0) is 8.91. The van der Waals surface area contributed by atoms with Gasteiger partial charge in [0.2, 0.25) is 0 Å². The summed E-state index contributed by atoms with van der Waals surface area (Å²) in [7, 11) is 0. The van der Waals surface area contributed by atoms with Crippen molar-refractivity contribution in [2.24, 2.45) is 0 Å². The van der Waals surface area contributed by atoms with Crippen LogP contribution in [0.4, 0.5) is 0 Å². The van der Waals surface area contributed by atoms with Gasteiger partial charge in [0.15, 0.2) is 11.4 Å². The van der Waals surface area contributed by atoms with E-state index in [1.807, 2.05) is 0 Å². The van der Waals surface area contributed by atoms with Crippen LogP contribution in [-0.2, 0) is 4.79 Å². The van der Waals surface area contributed by atoms with Crippen molar-refractivity contribution in [2.45, 2.75) is 25.4 Å². The number of hydrogen-bond acceptors (Lipinski definition) is 4. The molecule has 0 aliphatic heterocycles. The quantitative estimate of drug-likeness (QED) is 0.488. The van der Waals surface area contributed by atoms with Crippen LogP contribution in [0.5, 0.6) is 0 Å². The van der Waals surface area contributed by atoms with E-state index in [1.165, 1.54) is 0 Å². The van der Waals surface area contributed by atoms with Crippen molar-refractivity contribution in [2.75, 3.05) is 13.2 Å². The first kappa shape index (κ1) is 10.6. The van der Waals surface area contributed by atoms with Crippen LogP contribution in [0.25, 0.3) is 0 Å². The molecule has 0 amide bonds. The lowest BCUT2D eigenvalue weighted by atomic mass is 9.97. The second kappa shape index (κ2) is 4.43. The van der Waals surface area contributed by atoms with Crippen LogP contribution in [0.2, 0.25) is 0 Å². The minimum atomic E-state index is -1.93. The van der Waals surface area contributed by atoms with E-state index in [2.05, 4.69) is 0 Å². The standard InChI is InChI=1S/C7H14O4/c1-2-3-6(10)7(11,4-8)5-9/h8-9,11H,2-5H2,1H3. The van der Waals surface area contributed by atoms with E-state index in [9.17, 15) is 9.90 Å². The van der Waals surface area contributed by atoms with Gasteiger partial charge in [-0.05, 0) is 6.42 Å². The third-order valence-corrected chi connectivity index (χ3v) is 1.52. The third-order valence-electron chi connectivity index (χ3n) is 1.52. The maximum Gasteiger partial charge on any atom is 0.169 e. The van der Waals surface area contributed by atoms with Crippen LogP contribution in [-0.4, -0.2) is 39.9 Å². The molecule has 0 atom stereocenters. The topological polar surface area (TPSA) is 77.8 Å². The normalized spacial score (nSPS) is 11.6. The summed E-state index contributed by atoms with van der Waals surface area (Å²) in [5.41, 5.74) is -1.93. The lowest BCUT2D eigenvalue weighted by molar-refractivity contribution is -0.146. The third kappa shape index (κ3) is 2.57. The van der Waals surface area contributed by atoms with E-state index in [0.29, 0.717) is 6.42 Å². The Hall–Kier alpha value is -0.450. The Kier molecular flexibility index (Phi) is 4.25. The van der Waals surface area contributed by atoms with Crippen molar-refractivity contribution >= 4 is 5.78 Å². The predicted octanol–water partition coefficient (Wildman–Crippen LogP) is -0.929. The van der Waals surface area contributed by atoms with Crippen LogP contribution >= 0.6 is 0 Å². The Bertz CT molecular complexity index is 128. The van der Waals surface area contributed by atoms with E-state index >= 15 is 0 Å². The second-order valence-corrected chi connectivity index (χ2v) is 2.52. The van der Waals surface area contributed by atoms with Crippen molar-refractivity contribution in [3.63, 3.8) is 0 Å². The molecule has 0 aromatic rings. The highest BCUT2D eigenvalue weighted by molar-refractivity contribution is 5.87. The molecule has 0 fully saturated rings. The number of rotatable bonds is 5. The highest BCUT2D eigenvalue weighted by Crippen LogP contribution is 2.08. The fraction of sp³-hybridized carbons (Fsp3) is 0.857. The number of hydrogen-bond donors (Lipinski definition) is 3. The monoisotopic (exact) mass is 162 g/mol. The summed E-state index contributed by atoms with van der Waals surface area (Å²) in [5, 5.41) is 26.3. The zero-order valence-electron chi connectivity index (χ0n) is 6.58. The summed E-state index contributed by atoms with van der Waals surface area (Å²) >= 11 is 0. The maximum atomic E-state index is 11.0. The number of carbonyl (C=O) groups excluding carboxylic acids is 1. The number of aliphatic hydroxyl groups excluding tert-OH is 2. The van der Waals surface area contributed by atoms with Crippen molar-refractivity contribution in [1.82, 2.24) is 0 Å². The summed E-state index contributed by atoms with van der Waals surface area (Å²) in [6.07, 6.45) is 0.777. The van der Waals surface area contributed by atoms with Gasteiger partial charge in [-0.25, -0.2) is 0 Å². The Balaban J connectivity index is 4.12. The molecule has 0 aliphatic rings. The summed E-state index contributed by atoms with van der Waals surface area (Å²) in [6, 6.07) is 0. The van der Waals surface area contributed by atoms with E-state index < -0.39 is 24.6 Å². The Morgan fingerprint density at radius 3 is 2.09 bits per heavy atom. The molecule has 0 aliphatic carbocycles. The summed E-state index contributed by atoms with van der Waals surface area (Å²) in [4.78, 5) is 11.0. The van der Waals surface area contributed by atoms with Crippen LogP contribution < -0.4 is 0 Å². The molecular formula is C7H14O4. The molecule has 0 bridgehead atoms. The number of ketones is 1. The van der Waals surface area contributed by atoms with Gasteiger partial charge in [-0.2, -0.15) is 0 Å². The summed E-state index contributed by atoms with van der Waals surface area (Å²) in [5.74, 6) is -0.509. The molecule has 0 aromatic carbocycles. The van der Waals surface area contributed by atoms with Crippen molar-refractivity contribution < 1.29 is 20.1 Å². The SMILES string of the molecule is CCCC(=O)C(O)(CO)CO. The van der Waals surface area contributed by atoms with Gasteiger partial charge < -0.3 is 15.3 Å². The van der Waals surface area contributed by atoms with Gasteiger partial charge in [-0.15, -0.1) is 0 Å². The Labute approximate surface area is 65.5 Å². The number of carbonyl (C=O) groups is 1. The van der Waals surface area contributed by atoms with Gasteiger partial charge in [0.05, 0.1) is 13.2 Å². The maximum absolute atomic E-state index is 11.0. The molecular weight excluding hydrogens is 148 g/mol. The molecule has 0 saturated heterocycles. The Morgan fingerprint density at radius 1 is 1.36 bits per heavy atom. The number of Topliss-reactive ketones (excluding diaryl/α,β-unsaturated/α-hetero) is 1. The molecule has 4 nitrogen and oxygen atoms in total. The average Bonchev–Trinajstić information content (AvgIpc) is 2.03. The molecule has 66 valence electrons. The van der Waals surface area contributed by atoms with Gasteiger partial charge in [-0.1, -0.05) is 6.92 Å². The van der Waals surface area contributed by atoms with Crippen LogP contribution in [0.15, 0.2) is 0 Å². The molecule has 11 heavy (non-hydrogen) atoms. The van der Waals surface area contributed by atoms with Crippen molar-refractivity contribution in [3.8, 4) is 0 Å². The molecule has 0 rings (SSSR count). The summed E-state index contributed by atoms with van der Waals surface area (Å²) < 4.78 is 0. The summed E-state index contributed by atoms with van der Waals surface area (Å²) in [6.45, 7) is 0.345. The van der Waals surface area contributed by atoms with Gasteiger partial charge in [0.1, 0.15) is 0 Å². The molecule has 0 radical (unpaired) electrons. The molecule has 0 heterocycles. The van der Waals surface area contributed by atoms with Crippen molar-refractivity contribution in [3.05, 3.63) is 0 Å². The number of aliphatic hydroxyl groups is 3. The first-order chi connectivity index (χ1) is 5.10. The minimum Gasteiger partial charge on any atom is -0.393 e. The fourth-order valence-corrected chi connectivity index (χ4v) is 0.686. The lowest BCUT2D eigenvalue weighted by Crippen LogP contribution is -2.45. The molecule has 3 N–H and O–H groups in total. The smallest absolute Gasteiger partial charge is 0.169 e. The lowest BCUT2D eigenvalue weighted by Gasteiger charge is -2.20. The Morgan fingerprint density at radius 2 is 1.82 bits per heavy atom. The molecule has 0 saturated carbocycles. The van der Waals surface area contributed by atoms with E-state index in [4.69, 9.17) is 10.2 Å². The van der Waals surface area contributed by atoms with Crippen molar-refractivity contribution in [1.29, 1.82) is 0 Å². The van der Waals surface area contributed by atoms with Crippen LogP contribution in [0.3, 0.4) is 0 Å². The average molecular weight is 162 g/mol. The van der Waals surface area contributed by atoms with E-state index in [1.54, 1.807) is 6.92 Å². The second-order valence-electron chi connectivity index (χ2n) is 2.52. The molecule has 0 spiro atoms. The first-order valence-electron chi connectivity index (χ1n) is 3.58. The largest absolute Gasteiger partial charge is 0.393 e. The van der Waals surface area contributed by atoms with Gasteiger partial charge in [0.25, 0.3) is 0 Å². The van der Waals surface area contributed by atoms with Gasteiger partial charge >= 0.3 is 0 Å². The highest BCUT2D eigenvalue weighted by Gasteiger charge is 2.32. The fourth-order valence-electron chi connectivity index (χ4n) is 0.686. The van der Waals surface area contributed by atoms with E-state index in [0.717, 1.165) is 0 Å². The van der Waals surface area contributed by atoms with Crippen LogP contribution in [0, 0.1) is 0 Å². The molecule has 4 heteroatoms.